The molecular formula is C23H24N4O2. The van der Waals surface area contributed by atoms with Gasteiger partial charge in [0.25, 0.3) is 11.8 Å². The Hall–Kier alpha value is -3.54. The van der Waals surface area contributed by atoms with Gasteiger partial charge in [-0.15, -0.1) is 0 Å². The van der Waals surface area contributed by atoms with Crippen molar-refractivity contribution in [2.45, 2.75) is 19.8 Å². The normalized spacial score (nSPS) is 10.4. The Bertz CT molecular complexity index is 972. The van der Waals surface area contributed by atoms with Gasteiger partial charge in [-0.1, -0.05) is 43.7 Å². The minimum Gasteiger partial charge on any atom is -0.342 e. The maximum atomic E-state index is 12.5. The van der Waals surface area contributed by atoms with Crippen molar-refractivity contribution in [3.05, 3.63) is 78.2 Å². The van der Waals surface area contributed by atoms with Crippen molar-refractivity contribution >= 4 is 17.5 Å². The van der Waals surface area contributed by atoms with Gasteiger partial charge in [-0.05, 0) is 30.7 Å². The van der Waals surface area contributed by atoms with Crippen LogP contribution in [0.5, 0.6) is 0 Å². The van der Waals surface area contributed by atoms with E-state index >= 15 is 0 Å². The van der Waals surface area contributed by atoms with Crippen LogP contribution in [0.25, 0.3) is 11.3 Å². The summed E-state index contributed by atoms with van der Waals surface area (Å²) in [5.74, 6) is -0.332. The molecular weight excluding hydrogens is 364 g/mol. The average molecular weight is 388 g/mol. The summed E-state index contributed by atoms with van der Waals surface area (Å²) in [5, 5.41) is 2.80. The summed E-state index contributed by atoms with van der Waals surface area (Å²) in [6, 6.07) is 16.4. The fraction of sp³-hybridized carbons (Fsp3) is 0.217. The van der Waals surface area contributed by atoms with Gasteiger partial charge < -0.3 is 10.2 Å². The van der Waals surface area contributed by atoms with Gasteiger partial charge in [-0.25, -0.2) is 4.98 Å². The van der Waals surface area contributed by atoms with Crippen LogP contribution >= 0.6 is 0 Å². The molecule has 0 aliphatic carbocycles. The summed E-state index contributed by atoms with van der Waals surface area (Å²) in [7, 11) is 1.81. The molecule has 2 amide bonds. The molecule has 0 radical (unpaired) electrons. The average Bonchev–Trinajstić information content (AvgIpc) is 2.78. The van der Waals surface area contributed by atoms with Crippen LogP contribution in [-0.4, -0.2) is 40.3 Å². The number of hydrogen-bond acceptors (Lipinski definition) is 4. The second-order valence-electron chi connectivity index (χ2n) is 6.77. The number of anilines is 1. The first-order valence-electron chi connectivity index (χ1n) is 9.63. The van der Waals surface area contributed by atoms with Crippen molar-refractivity contribution in [3.63, 3.8) is 0 Å². The van der Waals surface area contributed by atoms with E-state index in [0.717, 1.165) is 24.9 Å². The van der Waals surface area contributed by atoms with Crippen molar-refractivity contribution in [1.82, 2.24) is 14.9 Å². The molecule has 0 aliphatic rings. The highest BCUT2D eigenvalue weighted by molar-refractivity contribution is 6.03. The molecule has 0 saturated heterocycles. The number of aromatic nitrogens is 2. The Morgan fingerprint density at radius 1 is 1.00 bits per heavy atom. The molecule has 0 bridgehead atoms. The zero-order chi connectivity index (χ0) is 20.6. The fourth-order valence-corrected chi connectivity index (χ4v) is 2.83. The summed E-state index contributed by atoms with van der Waals surface area (Å²) in [6.07, 6.45) is 5.06. The van der Waals surface area contributed by atoms with Gasteiger partial charge in [-0.2, -0.15) is 0 Å². The molecule has 0 fully saturated rings. The Labute approximate surface area is 170 Å². The number of rotatable bonds is 7. The van der Waals surface area contributed by atoms with Crippen molar-refractivity contribution in [3.8, 4) is 11.3 Å². The van der Waals surface area contributed by atoms with Crippen molar-refractivity contribution < 1.29 is 9.59 Å². The molecule has 29 heavy (non-hydrogen) atoms. The molecule has 3 rings (SSSR count). The highest BCUT2D eigenvalue weighted by Crippen LogP contribution is 2.18. The zero-order valence-electron chi connectivity index (χ0n) is 16.6. The van der Waals surface area contributed by atoms with E-state index in [1.807, 2.05) is 49.5 Å². The van der Waals surface area contributed by atoms with E-state index in [9.17, 15) is 9.59 Å². The predicted molar refractivity (Wildman–Crippen MR) is 114 cm³/mol. The first-order valence-corrected chi connectivity index (χ1v) is 9.63. The lowest BCUT2D eigenvalue weighted by Crippen LogP contribution is -2.27. The second kappa shape index (κ2) is 9.59. The number of nitrogens with zero attached hydrogens (tertiary/aromatic N) is 3. The fourth-order valence-electron chi connectivity index (χ4n) is 2.83. The number of para-hydroxylation sites is 1. The van der Waals surface area contributed by atoms with Gasteiger partial charge >= 0.3 is 0 Å². The first kappa shape index (κ1) is 20.2. The molecule has 0 atom stereocenters. The van der Waals surface area contributed by atoms with Crippen molar-refractivity contribution in [2.24, 2.45) is 0 Å². The second-order valence-corrected chi connectivity index (χ2v) is 6.77. The lowest BCUT2D eigenvalue weighted by Gasteiger charge is -2.16. The van der Waals surface area contributed by atoms with Gasteiger partial charge in [0.1, 0.15) is 5.69 Å². The number of carbonyl (C=O) groups excluding carboxylic acids is 2. The Kier molecular flexibility index (Phi) is 6.68. The lowest BCUT2D eigenvalue weighted by molar-refractivity contribution is 0.0793. The van der Waals surface area contributed by atoms with Crippen LogP contribution in [0.4, 0.5) is 5.69 Å². The van der Waals surface area contributed by atoms with E-state index in [0.29, 0.717) is 16.9 Å². The Balaban J connectivity index is 1.73. The van der Waals surface area contributed by atoms with Gasteiger partial charge in [0, 0.05) is 30.4 Å². The zero-order valence-corrected chi connectivity index (χ0v) is 16.6. The topological polar surface area (TPSA) is 75.2 Å². The maximum absolute atomic E-state index is 12.5. The molecule has 6 nitrogen and oxygen atoms in total. The van der Waals surface area contributed by atoms with Crippen molar-refractivity contribution in [2.75, 3.05) is 18.9 Å². The Morgan fingerprint density at radius 3 is 2.41 bits per heavy atom. The van der Waals surface area contributed by atoms with Gasteiger partial charge in [0.15, 0.2) is 0 Å². The minimum atomic E-state index is -0.324. The van der Waals surface area contributed by atoms with Gasteiger partial charge in [0.05, 0.1) is 18.1 Å². The number of carbonyl (C=O) groups is 2. The third kappa shape index (κ3) is 5.25. The molecule has 2 aromatic carbocycles. The number of hydrogen-bond donors (Lipinski definition) is 1. The first-order chi connectivity index (χ1) is 14.1. The summed E-state index contributed by atoms with van der Waals surface area (Å²) in [5.41, 5.74) is 2.91. The smallest absolute Gasteiger partial charge is 0.275 e. The van der Waals surface area contributed by atoms with Gasteiger partial charge in [0.2, 0.25) is 0 Å². The third-order valence-corrected chi connectivity index (χ3v) is 4.52. The number of benzene rings is 2. The largest absolute Gasteiger partial charge is 0.342 e. The molecule has 0 saturated carbocycles. The van der Waals surface area contributed by atoms with Crippen LogP contribution in [0.1, 0.15) is 40.6 Å². The molecule has 0 spiro atoms. The van der Waals surface area contributed by atoms with E-state index in [2.05, 4.69) is 22.2 Å². The van der Waals surface area contributed by atoms with Crippen LogP contribution in [0.15, 0.2) is 67.0 Å². The monoisotopic (exact) mass is 388 g/mol. The third-order valence-electron chi connectivity index (χ3n) is 4.52. The molecule has 3 aromatic rings. The highest BCUT2D eigenvalue weighted by atomic mass is 16.2. The van der Waals surface area contributed by atoms with Gasteiger partial charge in [-0.3, -0.25) is 14.6 Å². The molecule has 6 heteroatoms. The molecule has 1 N–H and O–H groups in total. The van der Waals surface area contributed by atoms with Crippen LogP contribution in [-0.2, 0) is 0 Å². The highest BCUT2D eigenvalue weighted by Gasteiger charge is 2.13. The number of amides is 2. The van der Waals surface area contributed by atoms with E-state index < -0.39 is 0 Å². The summed E-state index contributed by atoms with van der Waals surface area (Å²) in [4.78, 5) is 35.2. The van der Waals surface area contributed by atoms with E-state index in [1.54, 1.807) is 23.2 Å². The maximum Gasteiger partial charge on any atom is 0.275 e. The SMILES string of the molecule is CCCCN(C)C(=O)c1ccc(-c2cncc(C(=O)Nc3ccccc3)n2)cc1. The summed E-state index contributed by atoms with van der Waals surface area (Å²) >= 11 is 0. The minimum absolute atomic E-state index is 0.00734. The van der Waals surface area contributed by atoms with E-state index in [1.165, 1.54) is 6.20 Å². The molecule has 148 valence electrons. The van der Waals surface area contributed by atoms with Crippen LogP contribution < -0.4 is 5.32 Å². The van der Waals surface area contributed by atoms with E-state index in [4.69, 9.17) is 0 Å². The Morgan fingerprint density at radius 2 is 1.72 bits per heavy atom. The van der Waals surface area contributed by atoms with Crippen LogP contribution in [0, 0.1) is 0 Å². The quantitative estimate of drug-likeness (QED) is 0.656. The molecule has 0 unspecified atom stereocenters. The summed E-state index contributed by atoms with van der Waals surface area (Å²) in [6.45, 7) is 2.84. The lowest BCUT2D eigenvalue weighted by atomic mass is 10.1. The van der Waals surface area contributed by atoms with Crippen LogP contribution in [0.2, 0.25) is 0 Å². The van der Waals surface area contributed by atoms with E-state index in [-0.39, 0.29) is 17.5 Å². The summed E-state index contributed by atoms with van der Waals surface area (Å²) < 4.78 is 0. The predicted octanol–water partition coefficient (Wildman–Crippen LogP) is 4.27. The molecule has 1 heterocycles. The number of unbranched alkanes of at least 4 members (excludes halogenated alkanes) is 1. The standard InChI is InChI=1S/C23H24N4O2/c1-3-4-14-27(2)23(29)18-12-10-17(11-13-18)20-15-24-16-21(26-20)22(28)25-19-8-6-5-7-9-19/h5-13,15-16H,3-4,14H2,1-2H3,(H,25,28). The number of nitrogens with one attached hydrogen (secondary N) is 1. The molecule has 1 aromatic heterocycles. The van der Waals surface area contributed by atoms with Crippen LogP contribution in [0.3, 0.4) is 0 Å². The molecule has 0 aliphatic heterocycles. The van der Waals surface area contributed by atoms with Crippen molar-refractivity contribution in [1.29, 1.82) is 0 Å².